The van der Waals surface area contributed by atoms with Crippen LogP contribution >= 0.6 is 27.5 Å². The number of hydrogen-bond acceptors (Lipinski definition) is 3. The van der Waals surface area contributed by atoms with Gasteiger partial charge in [-0.05, 0) is 45.8 Å². The maximum Gasteiger partial charge on any atom is 0.169 e. The molecule has 102 valence electrons. The minimum absolute atomic E-state index is 0.579. The Kier molecular flexibility index (Phi) is 3.31. The summed E-state index contributed by atoms with van der Waals surface area (Å²) in [5.41, 5.74) is 8.62. The van der Waals surface area contributed by atoms with Gasteiger partial charge in [0.1, 0.15) is 11.5 Å². The molecule has 0 amide bonds. The van der Waals surface area contributed by atoms with E-state index < -0.39 is 0 Å². The second kappa shape index (κ2) is 5.00. The van der Waals surface area contributed by atoms with Gasteiger partial charge < -0.3 is 10.2 Å². The molecule has 2 heterocycles. The molecule has 6 heteroatoms. The second-order valence-corrected chi connectivity index (χ2v) is 5.56. The Morgan fingerprint density at radius 2 is 1.90 bits per heavy atom. The quantitative estimate of drug-likeness (QED) is 0.746. The number of halogens is 2. The Hall–Kier alpha value is -1.72. The van der Waals surface area contributed by atoms with Crippen LogP contribution in [0.5, 0.6) is 0 Å². The van der Waals surface area contributed by atoms with Crippen LogP contribution in [0.4, 0.5) is 5.82 Å². The smallest absolute Gasteiger partial charge is 0.169 e. The molecule has 4 nitrogen and oxygen atoms in total. The van der Waals surface area contributed by atoms with Crippen LogP contribution in [-0.4, -0.2) is 9.78 Å². The van der Waals surface area contributed by atoms with Gasteiger partial charge in [0.2, 0.25) is 0 Å². The monoisotopic (exact) mass is 351 g/mol. The fraction of sp³-hybridized carbons (Fsp3) is 0.0714. The van der Waals surface area contributed by atoms with Crippen molar-refractivity contribution in [1.82, 2.24) is 9.78 Å². The van der Waals surface area contributed by atoms with Gasteiger partial charge in [0, 0.05) is 12.1 Å². The summed E-state index contributed by atoms with van der Waals surface area (Å²) in [5.74, 6) is 1.24. The van der Waals surface area contributed by atoms with Gasteiger partial charge in [0.25, 0.3) is 0 Å². The summed E-state index contributed by atoms with van der Waals surface area (Å²) in [6.07, 6.45) is 0. The molecule has 0 bridgehead atoms. The lowest BCUT2D eigenvalue weighted by Gasteiger charge is -2.03. The van der Waals surface area contributed by atoms with Gasteiger partial charge in [-0.2, -0.15) is 5.10 Å². The van der Waals surface area contributed by atoms with Crippen LogP contribution in [0.15, 0.2) is 45.5 Å². The van der Waals surface area contributed by atoms with E-state index >= 15 is 0 Å². The molecule has 0 aliphatic carbocycles. The standard InChI is InChI=1S/C14H11BrClN3O/c1-19-14(17)12(8-2-4-9(16)5-3-8)13(18-19)10-6-7-11(15)20-10/h2-7H,17H2,1H3. The van der Waals surface area contributed by atoms with Crippen molar-refractivity contribution in [3.8, 4) is 22.6 Å². The highest BCUT2D eigenvalue weighted by Crippen LogP contribution is 2.37. The van der Waals surface area contributed by atoms with Gasteiger partial charge in [-0.3, -0.25) is 4.68 Å². The van der Waals surface area contributed by atoms with Crippen LogP contribution in [0.1, 0.15) is 0 Å². The normalized spacial score (nSPS) is 10.9. The number of rotatable bonds is 2. The van der Waals surface area contributed by atoms with Crippen molar-refractivity contribution in [2.45, 2.75) is 0 Å². The minimum atomic E-state index is 0.579. The molecule has 20 heavy (non-hydrogen) atoms. The van der Waals surface area contributed by atoms with Crippen molar-refractivity contribution in [2.75, 3.05) is 5.73 Å². The van der Waals surface area contributed by atoms with E-state index in [4.69, 9.17) is 21.8 Å². The van der Waals surface area contributed by atoms with Crippen LogP contribution in [0.3, 0.4) is 0 Å². The third-order valence-electron chi connectivity index (χ3n) is 3.03. The lowest BCUT2D eigenvalue weighted by atomic mass is 10.0. The fourth-order valence-corrected chi connectivity index (χ4v) is 2.48. The molecule has 0 saturated heterocycles. The van der Waals surface area contributed by atoms with Crippen molar-refractivity contribution in [1.29, 1.82) is 0 Å². The maximum atomic E-state index is 6.13. The largest absolute Gasteiger partial charge is 0.448 e. The molecule has 0 saturated carbocycles. The highest BCUT2D eigenvalue weighted by Gasteiger charge is 2.19. The van der Waals surface area contributed by atoms with E-state index in [0.29, 0.717) is 27.0 Å². The van der Waals surface area contributed by atoms with E-state index in [1.165, 1.54) is 0 Å². The van der Waals surface area contributed by atoms with Crippen LogP contribution in [0.2, 0.25) is 5.02 Å². The Balaban J connectivity index is 2.21. The van der Waals surface area contributed by atoms with Crippen LogP contribution in [0, 0.1) is 0 Å². The minimum Gasteiger partial charge on any atom is -0.448 e. The fourth-order valence-electron chi connectivity index (χ4n) is 2.05. The van der Waals surface area contributed by atoms with Gasteiger partial charge in [-0.1, -0.05) is 23.7 Å². The number of furan rings is 1. The number of nitrogens with zero attached hydrogens (tertiary/aromatic N) is 2. The van der Waals surface area contributed by atoms with Gasteiger partial charge >= 0.3 is 0 Å². The SMILES string of the molecule is Cn1nc(-c2ccc(Br)o2)c(-c2ccc(Cl)cc2)c1N. The first-order valence-electron chi connectivity index (χ1n) is 5.90. The van der Waals surface area contributed by atoms with Gasteiger partial charge in [-0.25, -0.2) is 0 Å². The van der Waals surface area contributed by atoms with Crippen molar-refractivity contribution in [2.24, 2.45) is 7.05 Å². The first-order chi connectivity index (χ1) is 9.56. The zero-order valence-electron chi connectivity index (χ0n) is 10.6. The van der Waals surface area contributed by atoms with Crippen molar-refractivity contribution >= 4 is 33.3 Å². The first-order valence-corrected chi connectivity index (χ1v) is 7.07. The molecule has 0 radical (unpaired) electrons. The Morgan fingerprint density at radius 3 is 2.50 bits per heavy atom. The molecule has 0 spiro atoms. The molecular formula is C14H11BrClN3O. The predicted octanol–water partition coefficient (Wildman–Crippen LogP) is 4.35. The lowest BCUT2D eigenvalue weighted by Crippen LogP contribution is -1.97. The van der Waals surface area contributed by atoms with E-state index in [9.17, 15) is 0 Å². The number of aromatic nitrogens is 2. The highest BCUT2D eigenvalue weighted by molar-refractivity contribution is 9.10. The van der Waals surface area contributed by atoms with Crippen molar-refractivity contribution in [3.63, 3.8) is 0 Å². The summed E-state index contributed by atoms with van der Waals surface area (Å²) in [7, 11) is 1.80. The third-order valence-corrected chi connectivity index (χ3v) is 3.71. The summed E-state index contributed by atoms with van der Waals surface area (Å²) in [4.78, 5) is 0. The van der Waals surface area contributed by atoms with E-state index in [1.54, 1.807) is 11.7 Å². The van der Waals surface area contributed by atoms with Crippen LogP contribution < -0.4 is 5.73 Å². The van der Waals surface area contributed by atoms with Gasteiger partial charge in [0.05, 0.1) is 5.56 Å². The third kappa shape index (κ3) is 2.23. The molecular weight excluding hydrogens is 342 g/mol. The van der Waals surface area contributed by atoms with E-state index in [1.807, 2.05) is 36.4 Å². The zero-order valence-corrected chi connectivity index (χ0v) is 12.9. The summed E-state index contributed by atoms with van der Waals surface area (Å²) in [6.45, 7) is 0. The topological polar surface area (TPSA) is 57.0 Å². The number of hydrogen-bond donors (Lipinski definition) is 1. The van der Waals surface area contributed by atoms with Crippen molar-refractivity contribution in [3.05, 3.63) is 46.1 Å². The lowest BCUT2D eigenvalue weighted by molar-refractivity contribution is 0.552. The zero-order chi connectivity index (χ0) is 14.3. The summed E-state index contributed by atoms with van der Waals surface area (Å²) >= 11 is 9.22. The Morgan fingerprint density at radius 1 is 1.20 bits per heavy atom. The average molecular weight is 353 g/mol. The molecule has 0 aliphatic heterocycles. The van der Waals surface area contributed by atoms with E-state index in [-0.39, 0.29) is 0 Å². The molecule has 2 N–H and O–H groups in total. The summed E-state index contributed by atoms with van der Waals surface area (Å²) in [5, 5.41) is 5.12. The number of anilines is 1. The summed E-state index contributed by atoms with van der Waals surface area (Å²) in [6, 6.07) is 11.2. The predicted molar refractivity (Wildman–Crippen MR) is 83.5 cm³/mol. The number of nitrogens with two attached hydrogens (primary N) is 1. The average Bonchev–Trinajstić information content (AvgIpc) is 2.97. The van der Waals surface area contributed by atoms with Crippen LogP contribution in [0.25, 0.3) is 22.6 Å². The molecule has 3 rings (SSSR count). The van der Waals surface area contributed by atoms with E-state index in [0.717, 1.165) is 11.1 Å². The second-order valence-electron chi connectivity index (χ2n) is 4.34. The van der Waals surface area contributed by atoms with E-state index in [2.05, 4.69) is 21.0 Å². The molecule has 0 fully saturated rings. The number of nitrogen functional groups attached to an aromatic ring is 1. The van der Waals surface area contributed by atoms with Gasteiger partial charge in [-0.15, -0.1) is 0 Å². The highest BCUT2D eigenvalue weighted by atomic mass is 79.9. The molecule has 2 aromatic heterocycles. The molecule has 3 aromatic rings. The summed E-state index contributed by atoms with van der Waals surface area (Å²) < 4.78 is 7.87. The Labute approximate surface area is 129 Å². The van der Waals surface area contributed by atoms with Gasteiger partial charge in [0.15, 0.2) is 10.4 Å². The van der Waals surface area contributed by atoms with Crippen LogP contribution in [-0.2, 0) is 7.05 Å². The Bertz CT molecular complexity index is 761. The molecule has 0 atom stereocenters. The number of benzene rings is 1. The molecule has 1 aromatic carbocycles. The van der Waals surface area contributed by atoms with Crippen molar-refractivity contribution < 1.29 is 4.42 Å². The maximum absolute atomic E-state index is 6.13. The number of aryl methyl sites for hydroxylation is 1. The molecule has 0 aliphatic rings. The molecule has 0 unspecified atom stereocenters. The first kappa shape index (κ1) is 13.3.